The van der Waals surface area contributed by atoms with Crippen LogP contribution in [0.1, 0.15) is 51.0 Å². The summed E-state index contributed by atoms with van der Waals surface area (Å²) in [7, 11) is 0. The summed E-state index contributed by atoms with van der Waals surface area (Å²) < 4.78 is 5.42. The number of hydrogen-bond donors (Lipinski definition) is 1. The van der Waals surface area contributed by atoms with Crippen LogP contribution in [0.3, 0.4) is 0 Å². The summed E-state index contributed by atoms with van der Waals surface area (Å²) >= 11 is 0. The summed E-state index contributed by atoms with van der Waals surface area (Å²) in [6.07, 6.45) is 4.08. The SMILES string of the molecule is CC(C)(C)OC(=O)N1CCC(c2ccnc(CCN)n2)CC1. The predicted molar refractivity (Wildman–Crippen MR) is 84.6 cm³/mol. The first-order valence-corrected chi connectivity index (χ1v) is 7.89. The van der Waals surface area contributed by atoms with Gasteiger partial charge in [0.1, 0.15) is 11.4 Å². The normalized spacial score (nSPS) is 16.6. The van der Waals surface area contributed by atoms with E-state index in [1.165, 1.54) is 0 Å². The van der Waals surface area contributed by atoms with Crippen molar-refractivity contribution in [1.29, 1.82) is 0 Å². The highest BCUT2D eigenvalue weighted by atomic mass is 16.6. The summed E-state index contributed by atoms with van der Waals surface area (Å²) in [6.45, 7) is 7.62. The lowest BCUT2D eigenvalue weighted by Crippen LogP contribution is -2.41. The van der Waals surface area contributed by atoms with Crippen LogP contribution in [0.25, 0.3) is 0 Å². The topological polar surface area (TPSA) is 81.3 Å². The van der Waals surface area contributed by atoms with Crippen molar-refractivity contribution in [2.24, 2.45) is 5.73 Å². The zero-order chi connectivity index (χ0) is 16.2. The van der Waals surface area contributed by atoms with Crippen molar-refractivity contribution in [1.82, 2.24) is 14.9 Å². The van der Waals surface area contributed by atoms with Crippen LogP contribution in [0.15, 0.2) is 12.3 Å². The van der Waals surface area contributed by atoms with Gasteiger partial charge < -0.3 is 15.4 Å². The van der Waals surface area contributed by atoms with Gasteiger partial charge in [0.15, 0.2) is 0 Å². The number of amides is 1. The molecule has 6 nitrogen and oxygen atoms in total. The number of rotatable bonds is 3. The van der Waals surface area contributed by atoms with Gasteiger partial charge in [0, 0.05) is 37.3 Å². The molecule has 1 amide bonds. The van der Waals surface area contributed by atoms with E-state index >= 15 is 0 Å². The maximum Gasteiger partial charge on any atom is 0.410 e. The second kappa shape index (κ2) is 7.05. The third-order valence-corrected chi connectivity index (χ3v) is 3.66. The van der Waals surface area contributed by atoms with Gasteiger partial charge in [0.05, 0.1) is 0 Å². The molecule has 0 bridgehead atoms. The van der Waals surface area contributed by atoms with E-state index in [1.54, 1.807) is 11.1 Å². The first kappa shape index (κ1) is 16.7. The number of ether oxygens (including phenoxy) is 1. The Morgan fingerprint density at radius 1 is 1.41 bits per heavy atom. The first-order valence-electron chi connectivity index (χ1n) is 7.89. The first-order chi connectivity index (χ1) is 10.4. The lowest BCUT2D eigenvalue weighted by Gasteiger charge is -2.33. The Hall–Kier alpha value is -1.69. The Morgan fingerprint density at radius 2 is 2.09 bits per heavy atom. The van der Waals surface area contributed by atoms with E-state index in [0.29, 0.717) is 32.0 Å². The number of hydrogen-bond acceptors (Lipinski definition) is 5. The van der Waals surface area contributed by atoms with Crippen molar-refractivity contribution in [2.45, 2.75) is 51.6 Å². The van der Waals surface area contributed by atoms with Crippen molar-refractivity contribution < 1.29 is 9.53 Å². The average Bonchev–Trinajstić information content (AvgIpc) is 2.46. The van der Waals surface area contributed by atoms with E-state index in [4.69, 9.17) is 10.5 Å². The van der Waals surface area contributed by atoms with E-state index in [2.05, 4.69) is 9.97 Å². The Balaban J connectivity index is 1.92. The molecule has 0 unspecified atom stereocenters. The number of likely N-dealkylation sites (tertiary alicyclic amines) is 1. The molecule has 0 aliphatic carbocycles. The Morgan fingerprint density at radius 3 is 2.68 bits per heavy atom. The largest absolute Gasteiger partial charge is 0.444 e. The molecule has 6 heteroatoms. The molecule has 122 valence electrons. The number of carbonyl (C=O) groups is 1. The maximum absolute atomic E-state index is 12.1. The van der Waals surface area contributed by atoms with Crippen molar-refractivity contribution in [3.63, 3.8) is 0 Å². The highest BCUT2D eigenvalue weighted by Crippen LogP contribution is 2.27. The van der Waals surface area contributed by atoms with Crippen LogP contribution in [0.2, 0.25) is 0 Å². The van der Waals surface area contributed by atoms with Crippen LogP contribution in [0.4, 0.5) is 4.79 Å². The maximum atomic E-state index is 12.1. The molecule has 1 aliphatic rings. The molecule has 2 rings (SSSR count). The van der Waals surface area contributed by atoms with Crippen molar-refractivity contribution in [2.75, 3.05) is 19.6 Å². The number of nitrogens with zero attached hydrogens (tertiary/aromatic N) is 3. The predicted octanol–water partition coefficient (Wildman–Crippen LogP) is 2.09. The van der Waals surface area contributed by atoms with Crippen molar-refractivity contribution in [3.05, 3.63) is 23.8 Å². The minimum absolute atomic E-state index is 0.225. The zero-order valence-corrected chi connectivity index (χ0v) is 13.7. The van der Waals surface area contributed by atoms with E-state index in [9.17, 15) is 4.79 Å². The van der Waals surface area contributed by atoms with Crippen LogP contribution in [0.5, 0.6) is 0 Å². The van der Waals surface area contributed by atoms with Gasteiger partial charge in [0.2, 0.25) is 0 Å². The minimum atomic E-state index is -0.447. The molecule has 2 N–H and O–H groups in total. The van der Waals surface area contributed by atoms with E-state index in [-0.39, 0.29) is 6.09 Å². The fourth-order valence-electron chi connectivity index (χ4n) is 2.58. The number of aromatic nitrogens is 2. The van der Waals surface area contributed by atoms with E-state index in [0.717, 1.165) is 24.4 Å². The Bertz CT molecular complexity index is 505. The monoisotopic (exact) mass is 306 g/mol. The summed E-state index contributed by atoms with van der Waals surface area (Å²) in [5, 5.41) is 0. The Labute approximate surface area is 132 Å². The number of nitrogens with two attached hydrogens (primary N) is 1. The molecule has 0 spiro atoms. The molecule has 0 saturated carbocycles. The molecule has 2 heterocycles. The summed E-state index contributed by atoms with van der Waals surface area (Å²) in [6, 6.07) is 1.97. The van der Waals surface area contributed by atoms with Gasteiger partial charge in [-0.15, -0.1) is 0 Å². The summed E-state index contributed by atoms with van der Waals surface area (Å²) in [5.41, 5.74) is 6.16. The fourth-order valence-corrected chi connectivity index (χ4v) is 2.58. The van der Waals surface area contributed by atoms with Crippen LogP contribution >= 0.6 is 0 Å². The molecular weight excluding hydrogens is 280 g/mol. The minimum Gasteiger partial charge on any atom is -0.444 e. The van der Waals surface area contributed by atoms with E-state index < -0.39 is 5.60 Å². The van der Waals surface area contributed by atoms with Gasteiger partial charge in [-0.05, 0) is 46.2 Å². The quantitative estimate of drug-likeness (QED) is 0.924. The zero-order valence-electron chi connectivity index (χ0n) is 13.7. The standard InChI is InChI=1S/C16H26N4O2/c1-16(2,3)22-15(21)20-10-6-12(7-11-20)13-5-9-18-14(19-13)4-8-17/h5,9,12H,4,6-8,10-11,17H2,1-3H3. The molecular formula is C16H26N4O2. The van der Waals surface area contributed by atoms with Gasteiger partial charge in [-0.25, -0.2) is 14.8 Å². The van der Waals surface area contributed by atoms with Gasteiger partial charge in [-0.2, -0.15) is 0 Å². The fraction of sp³-hybridized carbons (Fsp3) is 0.688. The third-order valence-electron chi connectivity index (χ3n) is 3.66. The lowest BCUT2D eigenvalue weighted by atomic mass is 9.93. The van der Waals surface area contributed by atoms with Gasteiger partial charge >= 0.3 is 6.09 Å². The highest BCUT2D eigenvalue weighted by molar-refractivity contribution is 5.68. The number of piperidine rings is 1. The third kappa shape index (κ3) is 4.66. The number of carbonyl (C=O) groups excluding carboxylic acids is 1. The molecule has 1 aromatic heterocycles. The molecule has 22 heavy (non-hydrogen) atoms. The van der Waals surface area contributed by atoms with Crippen LogP contribution in [-0.4, -0.2) is 46.2 Å². The average molecular weight is 306 g/mol. The lowest BCUT2D eigenvalue weighted by molar-refractivity contribution is 0.0204. The molecule has 0 atom stereocenters. The molecule has 1 aromatic rings. The molecule has 1 saturated heterocycles. The molecule has 0 aromatic carbocycles. The summed E-state index contributed by atoms with van der Waals surface area (Å²) in [4.78, 5) is 22.7. The summed E-state index contributed by atoms with van der Waals surface area (Å²) in [5.74, 6) is 1.17. The van der Waals surface area contributed by atoms with Gasteiger partial charge in [0.25, 0.3) is 0 Å². The van der Waals surface area contributed by atoms with Crippen LogP contribution in [0, 0.1) is 0 Å². The van der Waals surface area contributed by atoms with E-state index in [1.807, 2.05) is 26.8 Å². The smallest absolute Gasteiger partial charge is 0.410 e. The van der Waals surface area contributed by atoms with Crippen molar-refractivity contribution >= 4 is 6.09 Å². The molecule has 0 radical (unpaired) electrons. The van der Waals surface area contributed by atoms with Gasteiger partial charge in [-0.1, -0.05) is 0 Å². The molecule has 1 fully saturated rings. The van der Waals surface area contributed by atoms with Crippen LogP contribution in [-0.2, 0) is 11.2 Å². The second-order valence-electron chi connectivity index (χ2n) is 6.68. The second-order valence-corrected chi connectivity index (χ2v) is 6.68. The molecule has 1 aliphatic heterocycles. The van der Waals surface area contributed by atoms with Crippen molar-refractivity contribution in [3.8, 4) is 0 Å². The highest BCUT2D eigenvalue weighted by Gasteiger charge is 2.28. The van der Waals surface area contributed by atoms with Crippen LogP contribution < -0.4 is 5.73 Å². The van der Waals surface area contributed by atoms with Gasteiger partial charge in [-0.3, -0.25) is 0 Å². The Kier molecular flexibility index (Phi) is 5.34.